The fourth-order valence-electron chi connectivity index (χ4n) is 0.885. The molecule has 0 saturated carbocycles. The van der Waals surface area contributed by atoms with Crippen LogP contribution in [0, 0.1) is 0 Å². The Labute approximate surface area is 75.2 Å². The number of carboxylic acid groups (broad SMARTS) is 1. The summed E-state index contributed by atoms with van der Waals surface area (Å²) >= 11 is 0. The van der Waals surface area contributed by atoms with Crippen LogP contribution in [0.4, 0.5) is 4.39 Å². The van der Waals surface area contributed by atoms with Crippen LogP contribution in [0.3, 0.4) is 0 Å². The van der Waals surface area contributed by atoms with Crippen LogP contribution in [0.2, 0.25) is 0 Å². The van der Waals surface area contributed by atoms with Crippen LogP contribution in [0.15, 0.2) is 18.2 Å². The molecule has 1 N–H and O–H groups in total. The summed E-state index contributed by atoms with van der Waals surface area (Å²) in [4.78, 5) is 14.2. The van der Waals surface area contributed by atoms with E-state index in [9.17, 15) is 9.18 Å². The molecule has 0 atom stereocenters. The Morgan fingerprint density at radius 1 is 1.54 bits per heavy atom. The first kappa shape index (κ1) is 9.64. The predicted molar refractivity (Wildman–Crippen MR) is 45.3 cm³/mol. The number of aromatic nitrogens is 1. The number of carbonyl (C=O) groups is 1. The van der Waals surface area contributed by atoms with Crippen LogP contribution in [-0.2, 0) is 5.67 Å². The first-order valence-corrected chi connectivity index (χ1v) is 3.81. The summed E-state index contributed by atoms with van der Waals surface area (Å²) in [5.74, 6) is -1.15. The van der Waals surface area contributed by atoms with Crippen molar-refractivity contribution in [3.8, 4) is 0 Å². The molecule has 0 aliphatic carbocycles. The van der Waals surface area contributed by atoms with Crippen LogP contribution in [-0.4, -0.2) is 16.1 Å². The molecule has 1 aromatic rings. The normalized spacial score (nSPS) is 11.3. The van der Waals surface area contributed by atoms with Crippen molar-refractivity contribution in [1.29, 1.82) is 0 Å². The highest BCUT2D eigenvalue weighted by Gasteiger charge is 2.21. The average Bonchev–Trinajstić information content (AvgIpc) is 2.03. The molecule has 70 valence electrons. The van der Waals surface area contributed by atoms with Crippen molar-refractivity contribution >= 4 is 5.97 Å². The zero-order valence-corrected chi connectivity index (χ0v) is 7.41. The van der Waals surface area contributed by atoms with E-state index in [2.05, 4.69) is 4.98 Å². The number of rotatable bonds is 2. The Morgan fingerprint density at radius 2 is 2.15 bits per heavy atom. The minimum atomic E-state index is -1.61. The number of aromatic carboxylic acids is 1. The fourth-order valence-corrected chi connectivity index (χ4v) is 0.885. The Kier molecular flexibility index (Phi) is 2.32. The van der Waals surface area contributed by atoms with Crippen molar-refractivity contribution in [3.63, 3.8) is 0 Å². The van der Waals surface area contributed by atoms with Crippen molar-refractivity contribution in [2.45, 2.75) is 19.5 Å². The number of carboxylic acids is 1. The van der Waals surface area contributed by atoms with Crippen LogP contribution in [0.25, 0.3) is 0 Å². The second kappa shape index (κ2) is 3.12. The highest BCUT2D eigenvalue weighted by Crippen LogP contribution is 2.22. The first-order chi connectivity index (χ1) is 5.91. The SMILES string of the molecule is CC(C)(F)c1cccc(C(=O)O)n1. The van der Waals surface area contributed by atoms with Crippen molar-refractivity contribution in [2.75, 3.05) is 0 Å². The van der Waals surface area contributed by atoms with E-state index in [0.29, 0.717) is 0 Å². The van der Waals surface area contributed by atoms with Crippen LogP contribution in [0.5, 0.6) is 0 Å². The molecular weight excluding hydrogens is 173 g/mol. The van der Waals surface area contributed by atoms with Gasteiger partial charge >= 0.3 is 5.97 Å². The van der Waals surface area contributed by atoms with Gasteiger partial charge in [0.05, 0.1) is 5.69 Å². The standard InChI is InChI=1S/C9H10FNO2/c1-9(2,10)7-5-3-4-6(11-7)8(12)13/h3-5H,1-2H3,(H,12,13). The Bertz CT molecular complexity index is 331. The quantitative estimate of drug-likeness (QED) is 0.762. The van der Waals surface area contributed by atoms with E-state index in [0.717, 1.165) is 0 Å². The van der Waals surface area contributed by atoms with E-state index in [1.807, 2.05) is 0 Å². The molecule has 0 fully saturated rings. The number of alkyl halides is 1. The largest absolute Gasteiger partial charge is 0.477 e. The van der Waals surface area contributed by atoms with Crippen molar-refractivity contribution in [3.05, 3.63) is 29.6 Å². The molecule has 0 bridgehead atoms. The van der Waals surface area contributed by atoms with Gasteiger partial charge in [0.25, 0.3) is 0 Å². The average molecular weight is 183 g/mol. The molecule has 3 nitrogen and oxygen atoms in total. The second-order valence-corrected chi connectivity index (χ2v) is 3.19. The van der Waals surface area contributed by atoms with Gasteiger partial charge in [0, 0.05) is 0 Å². The number of hydrogen-bond acceptors (Lipinski definition) is 2. The molecule has 0 unspecified atom stereocenters. The maximum absolute atomic E-state index is 13.3. The molecule has 1 rings (SSSR count). The van der Waals surface area contributed by atoms with Gasteiger partial charge in [-0.15, -0.1) is 0 Å². The van der Waals surface area contributed by atoms with Gasteiger partial charge in [0.1, 0.15) is 11.4 Å². The number of halogens is 1. The van der Waals surface area contributed by atoms with Gasteiger partial charge in [-0.25, -0.2) is 14.2 Å². The molecule has 0 spiro atoms. The smallest absolute Gasteiger partial charge is 0.354 e. The molecule has 0 amide bonds. The predicted octanol–water partition coefficient (Wildman–Crippen LogP) is 1.98. The third-order valence-electron chi connectivity index (χ3n) is 1.58. The lowest BCUT2D eigenvalue weighted by Gasteiger charge is -2.13. The van der Waals surface area contributed by atoms with E-state index >= 15 is 0 Å². The molecule has 4 heteroatoms. The summed E-state index contributed by atoms with van der Waals surface area (Å²) in [6.45, 7) is 2.67. The van der Waals surface area contributed by atoms with Gasteiger partial charge in [0.2, 0.25) is 0 Å². The molecule has 0 aromatic carbocycles. The molecule has 13 heavy (non-hydrogen) atoms. The summed E-state index contributed by atoms with van der Waals surface area (Å²) in [7, 11) is 0. The summed E-state index contributed by atoms with van der Waals surface area (Å²) in [6.07, 6.45) is 0. The van der Waals surface area contributed by atoms with Gasteiger partial charge in [-0.2, -0.15) is 0 Å². The molecular formula is C9H10FNO2. The van der Waals surface area contributed by atoms with Gasteiger partial charge in [-0.3, -0.25) is 0 Å². The molecule has 0 aliphatic rings. The summed E-state index contributed by atoms with van der Waals surface area (Å²) < 4.78 is 13.3. The maximum Gasteiger partial charge on any atom is 0.354 e. The van der Waals surface area contributed by atoms with Gasteiger partial charge in [-0.05, 0) is 26.0 Å². The zero-order valence-electron chi connectivity index (χ0n) is 7.41. The lowest BCUT2D eigenvalue weighted by molar-refractivity contribution is 0.0689. The van der Waals surface area contributed by atoms with Crippen LogP contribution in [0.1, 0.15) is 30.0 Å². The Balaban J connectivity index is 3.13. The zero-order chi connectivity index (χ0) is 10.1. The monoisotopic (exact) mass is 183 g/mol. The molecule has 1 heterocycles. The summed E-state index contributed by atoms with van der Waals surface area (Å²) in [5, 5.41) is 8.59. The van der Waals surface area contributed by atoms with Crippen LogP contribution >= 0.6 is 0 Å². The third kappa shape index (κ3) is 2.24. The Hall–Kier alpha value is -1.45. The van der Waals surface area contributed by atoms with Gasteiger partial charge in [0.15, 0.2) is 0 Å². The number of pyridine rings is 1. The van der Waals surface area contributed by atoms with Crippen molar-refractivity contribution in [1.82, 2.24) is 4.98 Å². The third-order valence-corrected chi connectivity index (χ3v) is 1.58. The van der Waals surface area contributed by atoms with E-state index in [-0.39, 0.29) is 11.4 Å². The second-order valence-electron chi connectivity index (χ2n) is 3.19. The van der Waals surface area contributed by atoms with Gasteiger partial charge < -0.3 is 5.11 Å². The molecule has 1 aromatic heterocycles. The summed E-state index contributed by atoms with van der Waals surface area (Å²) in [5.41, 5.74) is -1.61. The highest BCUT2D eigenvalue weighted by atomic mass is 19.1. The molecule has 0 radical (unpaired) electrons. The lowest BCUT2D eigenvalue weighted by Crippen LogP contribution is -2.13. The van der Waals surface area contributed by atoms with E-state index in [4.69, 9.17) is 5.11 Å². The lowest BCUT2D eigenvalue weighted by atomic mass is 10.1. The van der Waals surface area contributed by atoms with Gasteiger partial charge in [-0.1, -0.05) is 6.07 Å². The van der Waals surface area contributed by atoms with Crippen molar-refractivity contribution < 1.29 is 14.3 Å². The highest BCUT2D eigenvalue weighted by molar-refractivity contribution is 5.85. The van der Waals surface area contributed by atoms with E-state index in [1.54, 1.807) is 0 Å². The van der Waals surface area contributed by atoms with E-state index < -0.39 is 11.6 Å². The fraction of sp³-hybridized carbons (Fsp3) is 0.333. The number of nitrogens with zero attached hydrogens (tertiary/aromatic N) is 1. The van der Waals surface area contributed by atoms with Crippen LogP contribution < -0.4 is 0 Å². The minimum Gasteiger partial charge on any atom is -0.477 e. The topological polar surface area (TPSA) is 50.2 Å². The molecule has 0 saturated heterocycles. The number of hydrogen-bond donors (Lipinski definition) is 1. The maximum atomic E-state index is 13.3. The minimum absolute atomic E-state index is 0.132. The van der Waals surface area contributed by atoms with Crippen molar-refractivity contribution in [2.24, 2.45) is 0 Å². The van der Waals surface area contributed by atoms with E-state index in [1.165, 1.54) is 32.0 Å². The summed E-state index contributed by atoms with van der Waals surface area (Å²) in [6, 6.07) is 4.27. The first-order valence-electron chi connectivity index (χ1n) is 3.81. The molecule has 0 aliphatic heterocycles. The Morgan fingerprint density at radius 3 is 2.62 bits per heavy atom.